The standard InChI is InChI=1S/C25H34BrClN4O5/c1-15-9-31(23(33)36-24(3,4)5)16(2)8-30(15)22(28-6)17-7-18(27)19(26)21-20(17)29(14-32)10-25(13-35-21)11-34-12-25/h7,14-16H,8-13H2,1-6H3/t15-,16+/m0/s1. The molecule has 3 aliphatic heterocycles. The fraction of sp³-hybridized carbons (Fsp3) is 0.640. The maximum absolute atomic E-state index is 12.8. The van der Waals surface area contributed by atoms with Gasteiger partial charge in [0.2, 0.25) is 6.41 Å². The molecule has 0 bridgehead atoms. The third kappa shape index (κ3) is 5.04. The maximum atomic E-state index is 12.8. The number of amidine groups is 1. The summed E-state index contributed by atoms with van der Waals surface area (Å²) in [5.74, 6) is 1.20. The lowest BCUT2D eigenvalue weighted by molar-refractivity contribution is -0.127. The number of halogens is 2. The number of aliphatic imine (C=N–C) groups is 1. The zero-order chi connectivity index (χ0) is 26.4. The first-order valence-corrected chi connectivity index (χ1v) is 13.2. The van der Waals surface area contributed by atoms with Crippen molar-refractivity contribution in [3.8, 4) is 5.75 Å². The molecular weight excluding hydrogens is 552 g/mol. The SMILES string of the molecule is CN=C(c1cc(Cl)c(Br)c2c1N(C=O)CC1(COC1)CO2)N1C[C@@H](C)N(C(=O)OC(C)(C)C)C[C@@H]1C. The number of fused-ring (bicyclic) bond motifs is 1. The van der Waals surface area contributed by atoms with Crippen molar-refractivity contribution in [2.75, 3.05) is 51.4 Å². The predicted molar refractivity (Wildman–Crippen MR) is 142 cm³/mol. The highest BCUT2D eigenvalue weighted by atomic mass is 79.9. The Morgan fingerprint density at radius 2 is 1.86 bits per heavy atom. The highest BCUT2D eigenvalue weighted by Gasteiger charge is 2.45. The van der Waals surface area contributed by atoms with Gasteiger partial charge in [0.25, 0.3) is 0 Å². The third-order valence-electron chi connectivity index (χ3n) is 6.75. The van der Waals surface area contributed by atoms with Crippen molar-refractivity contribution in [1.29, 1.82) is 0 Å². The summed E-state index contributed by atoms with van der Waals surface area (Å²) in [6.45, 7) is 12.6. The molecule has 1 aromatic rings. The van der Waals surface area contributed by atoms with Gasteiger partial charge in [0, 0.05) is 44.3 Å². The van der Waals surface area contributed by atoms with Crippen LogP contribution in [0.4, 0.5) is 10.5 Å². The summed E-state index contributed by atoms with van der Waals surface area (Å²) >= 11 is 10.2. The normalized spacial score (nSPS) is 24.0. The summed E-state index contributed by atoms with van der Waals surface area (Å²) in [5.41, 5.74) is 0.503. The number of benzene rings is 1. The smallest absolute Gasteiger partial charge is 0.410 e. The van der Waals surface area contributed by atoms with Gasteiger partial charge in [0.15, 0.2) is 5.75 Å². The van der Waals surface area contributed by atoms with Gasteiger partial charge in [-0.1, -0.05) is 11.6 Å². The monoisotopic (exact) mass is 584 g/mol. The predicted octanol–water partition coefficient (Wildman–Crippen LogP) is 4.18. The average molecular weight is 586 g/mol. The number of piperazine rings is 1. The summed E-state index contributed by atoms with van der Waals surface area (Å²) in [6, 6.07) is 1.64. The molecule has 2 atom stereocenters. The van der Waals surface area contributed by atoms with E-state index in [1.54, 1.807) is 16.8 Å². The molecule has 2 amide bonds. The van der Waals surface area contributed by atoms with E-state index in [0.717, 1.165) is 6.41 Å². The van der Waals surface area contributed by atoms with Crippen molar-refractivity contribution < 1.29 is 23.8 Å². The van der Waals surface area contributed by atoms with E-state index in [2.05, 4.69) is 25.8 Å². The Labute approximate surface area is 225 Å². The van der Waals surface area contributed by atoms with Gasteiger partial charge < -0.3 is 28.9 Å². The van der Waals surface area contributed by atoms with Crippen LogP contribution >= 0.6 is 27.5 Å². The van der Waals surface area contributed by atoms with Gasteiger partial charge in [0.1, 0.15) is 18.0 Å². The molecule has 0 saturated carbocycles. The van der Waals surface area contributed by atoms with Gasteiger partial charge in [-0.25, -0.2) is 4.79 Å². The number of rotatable bonds is 2. The van der Waals surface area contributed by atoms with E-state index in [1.165, 1.54) is 0 Å². The minimum absolute atomic E-state index is 0.0618. The van der Waals surface area contributed by atoms with Gasteiger partial charge in [-0.3, -0.25) is 9.79 Å². The second kappa shape index (κ2) is 10.0. The van der Waals surface area contributed by atoms with Crippen LogP contribution in [0.5, 0.6) is 5.75 Å². The van der Waals surface area contributed by atoms with Crippen LogP contribution in [0.25, 0.3) is 0 Å². The summed E-state index contributed by atoms with van der Waals surface area (Å²) in [7, 11) is 1.72. The van der Waals surface area contributed by atoms with Gasteiger partial charge in [-0.05, 0) is 56.6 Å². The summed E-state index contributed by atoms with van der Waals surface area (Å²) in [4.78, 5) is 35.4. The van der Waals surface area contributed by atoms with E-state index in [9.17, 15) is 9.59 Å². The number of nitrogens with zero attached hydrogens (tertiary/aromatic N) is 4. The topological polar surface area (TPSA) is 83.9 Å². The molecule has 1 spiro atoms. The molecule has 0 radical (unpaired) electrons. The number of amides is 2. The minimum atomic E-state index is -0.569. The Bertz CT molecular complexity index is 1070. The number of carbonyl (C=O) groups is 2. The Balaban J connectivity index is 1.70. The molecule has 2 fully saturated rings. The van der Waals surface area contributed by atoms with Crippen molar-refractivity contribution in [3.63, 3.8) is 0 Å². The molecule has 11 heteroatoms. The highest BCUT2D eigenvalue weighted by molar-refractivity contribution is 9.10. The second-order valence-corrected chi connectivity index (χ2v) is 12.1. The van der Waals surface area contributed by atoms with Crippen LogP contribution in [0.15, 0.2) is 15.5 Å². The molecule has 0 N–H and O–H groups in total. The lowest BCUT2D eigenvalue weighted by atomic mass is 9.86. The average Bonchev–Trinajstić information content (AvgIpc) is 2.96. The summed E-state index contributed by atoms with van der Waals surface area (Å²) in [6.07, 6.45) is 0.502. The lowest BCUT2D eigenvalue weighted by Crippen LogP contribution is -2.60. The molecule has 3 aliphatic rings. The Morgan fingerprint density at radius 3 is 2.42 bits per heavy atom. The molecule has 4 rings (SSSR count). The number of hydrogen-bond donors (Lipinski definition) is 0. The first-order chi connectivity index (χ1) is 16.9. The number of carbonyl (C=O) groups excluding carboxylic acids is 2. The van der Waals surface area contributed by atoms with Crippen LogP contribution in [0, 0.1) is 5.41 Å². The van der Waals surface area contributed by atoms with E-state index < -0.39 is 5.60 Å². The van der Waals surface area contributed by atoms with Gasteiger partial charge in [0.05, 0.1) is 33.8 Å². The van der Waals surface area contributed by atoms with E-state index in [1.807, 2.05) is 40.7 Å². The van der Waals surface area contributed by atoms with Crippen molar-refractivity contribution in [2.45, 2.75) is 52.3 Å². The Morgan fingerprint density at radius 1 is 1.22 bits per heavy atom. The largest absolute Gasteiger partial charge is 0.489 e. The molecule has 0 unspecified atom stereocenters. The first-order valence-electron chi connectivity index (χ1n) is 12.1. The fourth-order valence-electron chi connectivity index (χ4n) is 4.95. The van der Waals surface area contributed by atoms with E-state index in [-0.39, 0.29) is 23.6 Å². The van der Waals surface area contributed by atoms with E-state index in [4.69, 9.17) is 25.8 Å². The zero-order valence-corrected chi connectivity index (χ0v) is 24.0. The third-order valence-corrected chi connectivity index (χ3v) is 8.06. The van der Waals surface area contributed by atoms with Crippen LogP contribution in [0.3, 0.4) is 0 Å². The van der Waals surface area contributed by atoms with E-state index >= 15 is 0 Å². The van der Waals surface area contributed by atoms with Crippen LogP contribution in [-0.4, -0.2) is 92.3 Å². The lowest BCUT2D eigenvalue weighted by Gasteiger charge is -2.45. The van der Waals surface area contributed by atoms with Crippen molar-refractivity contribution in [3.05, 3.63) is 21.1 Å². The minimum Gasteiger partial charge on any atom is -0.489 e. The molecule has 2 saturated heterocycles. The summed E-state index contributed by atoms with van der Waals surface area (Å²) < 4.78 is 17.9. The molecule has 198 valence electrons. The van der Waals surface area contributed by atoms with Gasteiger partial charge >= 0.3 is 6.09 Å². The van der Waals surface area contributed by atoms with Crippen LogP contribution in [-0.2, 0) is 14.3 Å². The van der Waals surface area contributed by atoms with Crippen molar-refractivity contribution >= 4 is 51.6 Å². The zero-order valence-electron chi connectivity index (χ0n) is 21.6. The van der Waals surface area contributed by atoms with E-state index in [0.29, 0.717) is 71.8 Å². The number of hydrogen-bond acceptors (Lipinski definition) is 6. The molecule has 9 nitrogen and oxygen atoms in total. The molecule has 0 aliphatic carbocycles. The molecule has 36 heavy (non-hydrogen) atoms. The second-order valence-electron chi connectivity index (χ2n) is 10.9. The Kier molecular flexibility index (Phi) is 7.52. The highest BCUT2D eigenvalue weighted by Crippen LogP contribution is 2.48. The van der Waals surface area contributed by atoms with Crippen molar-refractivity contribution in [1.82, 2.24) is 9.80 Å². The van der Waals surface area contributed by atoms with Gasteiger partial charge in [-0.2, -0.15) is 0 Å². The van der Waals surface area contributed by atoms with Gasteiger partial charge in [-0.15, -0.1) is 0 Å². The Hall–Kier alpha value is -2.04. The summed E-state index contributed by atoms with van der Waals surface area (Å²) in [5, 5.41) is 0.463. The first kappa shape index (κ1) is 27.0. The molecule has 0 aromatic heterocycles. The van der Waals surface area contributed by atoms with Crippen LogP contribution in [0.2, 0.25) is 5.02 Å². The maximum Gasteiger partial charge on any atom is 0.410 e. The molecule has 1 aromatic carbocycles. The van der Waals surface area contributed by atoms with Crippen LogP contribution < -0.4 is 9.64 Å². The van der Waals surface area contributed by atoms with Crippen LogP contribution in [0.1, 0.15) is 40.2 Å². The van der Waals surface area contributed by atoms with Crippen molar-refractivity contribution in [2.24, 2.45) is 10.4 Å². The fourth-order valence-corrected chi connectivity index (χ4v) is 5.56. The number of ether oxygens (including phenoxy) is 3. The molecule has 3 heterocycles. The quantitative estimate of drug-likeness (QED) is 0.294. The number of anilines is 1. The molecular formula is C25H34BrClN4O5.